The van der Waals surface area contributed by atoms with Crippen LogP contribution in [0.2, 0.25) is 0 Å². The first kappa shape index (κ1) is 15.8. The van der Waals surface area contributed by atoms with E-state index in [4.69, 9.17) is 0 Å². The highest BCUT2D eigenvalue weighted by atomic mass is 15.0. The summed E-state index contributed by atoms with van der Waals surface area (Å²) in [6.45, 7) is 0.856. The van der Waals surface area contributed by atoms with E-state index in [0.717, 1.165) is 6.54 Å². The van der Waals surface area contributed by atoms with E-state index in [0.29, 0.717) is 0 Å². The zero-order valence-corrected chi connectivity index (χ0v) is 15.0. The molecule has 1 aromatic heterocycles. The predicted molar refractivity (Wildman–Crippen MR) is 113 cm³/mol. The van der Waals surface area contributed by atoms with Gasteiger partial charge in [-0.1, -0.05) is 78.9 Å². The van der Waals surface area contributed by atoms with Crippen LogP contribution in [0, 0.1) is 0 Å². The minimum Gasteiger partial charge on any atom is -0.194 e. The van der Waals surface area contributed by atoms with Gasteiger partial charge in [0.15, 0.2) is 12.7 Å². The van der Waals surface area contributed by atoms with Gasteiger partial charge in [-0.2, -0.15) is 4.57 Å². The molecule has 0 fully saturated rings. The lowest BCUT2D eigenvalue weighted by Crippen LogP contribution is -2.36. The van der Waals surface area contributed by atoms with Crippen LogP contribution in [0.5, 0.6) is 0 Å². The maximum atomic E-state index is 2.35. The monoisotopic (exact) mass is 346 g/mol. The Labute approximate surface area is 159 Å². The fourth-order valence-corrected chi connectivity index (χ4v) is 3.91. The van der Waals surface area contributed by atoms with Gasteiger partial charge in [-0.3, -0.25) is 0 Å². The average molecular weight is 346 g/mol. The topological polar surface area (TPSA) is 3.88 Å². The molecule has 1 nitrogen and oxygen atoms in total. The fraction of sp³-hybridized carbons (Fsp3) is 0.0385. The highest BCUT2D eigenvalue weighted by Crippen LogP contribution is 2.34. The number of rotatable bonds is 3. The summed E-state index contributed by atoms with van der Waals surface area (Å²) < 4.78 is 2.35. The van der Waals surface area contributed by atoms with Crippen molar-refractivity contribution < 1.29 is 4.57 Å². The molecule has 0 saturated heterocycles. The first-order valence-electron chi connectivity index (χ1n) is 9.33. The van der Waals surface area contributed by atoms with Crippen LogP contribution in [0.4, 0.5) is 0 Å². The van der Waals surface area contributed by atoms with Gasteiger partial charge >= 0.3 is 0 Å². The molecule has 4 aromatic carbocycles. The third kappa shape index (κ3) is 2.88. The van der Waals surface area contributed by atoms with Crippen molar-refractivity contribution in [2.24, 2.45) is 0 Å². The molecule has 0 atom stereocenters. The Balaban J connectivity index is 1.81. The van der Waals surface area contributed by atoms with Crippen molar-refractivity contribution in [3.8, 4) is 11.3 Å². The third-order valence-corrected chi connectivity index (χ3v) is 5.16. The molecule has 5 aromatic rings. The van der Waals surface area contributed by atoms with Crippen molar-refractivity contribution in [1.29, 1.82) is 0 Å². The Morgan fingerprint density at radius 2 is 1.15 bits per heavy atom. The normalized spacial score (nSPS) is 11.1. The lowest BCUT2D eigenvalue weighted by atomic mass is 9.94. The summed E-state index contributed by atoms with van der Waals surface area (Å²) in [4.78, 5) is 0. The molecule has 1 heterocycles. The molecule has 0 aliphatic rings. The average Bonchev–Trinajstić information content (AvgIpc) is 2.73. The smallest absolute Gasteiger partial charge is 0.194 e. The number of hydrogen-bond donors (Lipinski definition) is 0. The lowest BCUT2D eigenvalue weighted by Gasteiger charge is -2.11. The Hall–Kier alpha value is -3.45. The van der Waals surface area contributed by atoms with Gasteiger partial charge in [-0.25, -0.2) is 0 Å². The molecule has 27 heavy (non-hydrogen) atoms. The van der Waals surface area contributed by atoms with Crippen molar-refractivity contribution >= 4 is 21.5 Å². The van der Waals surface area contributed by atoms with Crippen molar-refractivity contribution in [2.75, 3.05) is 0 Å². The number of benzene rings is 4. The maximum Gasteiger partial charge on any atom is 0.214 e. The Morgan fingerprint density at radius 1 is 0.556 bits per heavy atom. The molecule has 0 bridgehead atoms. The zero-order chi connectivity index (χ0) is 18.1. The van der Waals surface area contributed by atoms with Gasteiger partial charge in [0.05, 0.1) is 5.56 Å². The van der Waals surface area contributed by atoms with Gasteiger partial charge in [-0.05, 0) is 33.7 Å². The standard InChI is InChI=1S/C26H20N/c1-2-10-20(11-3-1)19-27-17-9-8-16-25(27)26-23-14-6-4-12-21(23)18-22-13-5-7-15-24(22)26/h1-18H,19H2/q+1. The van der Waals surface area contributed by atoms with Crippen LogP contribution < -0.4 is 4.57 Å². The van der Waals surface area contributed by atoms with Gasteiger partial charge < -0.3 is 0 Å². The van der Waals surface area contributed by atoms with Crippen LogP contribution in [-0.2, 0) is 6.54 Å². The van der Waals surface area contributed by atoms with Gasteiger partial charge in [0.2, 0.25) is 5.69 Å². The van der Waals surface area contributed by atoms with Crippen LogP contribution >= 0.6 is 0 Å². The second-order valence-electron chi connectivity index (χ2n) is 6.89. The fourth-order valence-electron chi connectivity index (χ4n) is 3.91. The van der Waals surface area contributed by atoms with Crippen molar-refractivity contribution in [3.63, 3.8) is 0 Å². The Bertz CT molecular complexity index is 1190. The molecular formula is C26H20N+. The maximum absolute atomic E-state index is 2.35. The minimum atomic E-state index is 0.856. The van der Waals surface area contributed by atoms with E-state index < -0.39 is 0 Å². The molecule has 128 valence electrons. The number of nitrogens with zero attached hydrogens (tertiary/aromatic N) is 1. The molecule has 0 amide bonds. The highest BCUT2D eigenvalue weighted by molar-refractivity contribution is 6.11. The van der Waals surface area contributed by atoms with Gasteiger partial charge in [0, 0.05) is 17.7 Å². The summed E-state index contributed by atoms with van der Waals surface area (Å²) in [6.07, 6.45) is 2.18. The minimum absolute atomic E-state index is 0.856. The molecule has 1 heteroatoms. The van der Waals surface area contributed by atoms with E-state index in [1.807, 2.05) is 0 Å². The largest absolute Gasteiger partial charge is 0.214 e. The van der Waals surface area contributed by atoms with Gasteiger partial charge in [-0.15, -0.1) is 0 Å². The summed E-state index contributed by atoms with van der Waals surface area (Å²) in [7, 11) is 0. The second-order valence-corrected chi connectivity index (χ2v) is 6.89. The summed E-state index contributed by atoms with van der Waals surface area (Å²) in [5.74, 6) is 0. The molecule has 0 saturated carbocycles. The van der Waals surface area contributed by atoms with Crippen LogP contribution in [0.15, 0.2) is 109 Å². The molecule has 0 radical (unpaired) electrons. The lowest BCUT2D eigenvalue weighted by molar-refractivity contribution is -0.677. The number of pyridine rings is 1. The summed E-state index contributed by atoms with van der Waals surface area (Å²) in [5.41, 5.74) is 3.86. The summed E-state index contributed by atoms with van der Waals surface area (Å²) in [5, 5.41) is 5.15. The van der Waals surface area contributed by atoms with Crippen molar-refractivity contribution in [2.45, 2.75) is 6.54 Å². The predicted octanol–water partition coefficient (Wildman–Crippen LogP) is 6.00. The highest BCUT2D eigenvalue weighted by Gasteiger charge is 2.18. The molecule has 0 aliphatic carbocycles. The van der Waals surface area contributed by atoms with Crippen LogP contribution in [0.3, 0.4) is 0 Å². The second kappa shape index (κ2) is 6.69. The number of hydrogen-bond acceptors (Lipinski definition) is 0. The van der Waals surface area contributed by atoms with E-state index >= 15 is 0 Å². The number of aromatic nitrogens is 1. The van der Waals surface area contributed by atoms with Crippen LogP contribution in [-0.4, -0.2) is 0 Å². The molecule has 0 unspecified atom stereocenters. The third-order valence-electron chi connectivity index (χ3n) is 5.16. The molecule has 0 aliphatic heterocycles. The Morgan fingerprint density at radius 3 is 1.85 bits per heavy atom. The van der Waals surface area contributed by atoms with Crippen LogP contribution in [0.25, 0.3) is 32.8 Å². The Kier molecular flexibility index (Phi) is 3.91. The first-order chi connectivity index (χ1) is 13.4. The van der Waals surface area contributed by atoms with E-state index in [9.17, 15) is 0 Å². The van der Waals surface area contributed by atoms with E-state index in [1.54, 1.807) is 0 Å². The summed E-state index contributed by atoms with van der Waals surface area (Å²) in [6, 6.07) is 36.8. The molecule has 5 rings (SSSR count). The van der Waals surface area contributed by atoms with Crippen molar-refractivity contribution in [3.05, 3.63) is 115 Å². The molecule has 0 N–H and O–H groups in total. The van der Waals surface area contributed by atoms with E-state index in [1.165, 1.54) is 38.4 Å². The zero-order valence-electron chi connectivity index (χ0n) is 15.0. The van der Waals surface area contributed by atoms with E-state index in [-0.39, 0.29) is 0 Å². The quantitative estimate of drug-likeness (QED) is 0.279. The molecule has 0 spiro atoms. The summed E-state index contributed by atoms with van der Waals surface area (Å²) >= 11 is 0. The van der Waals surface area contributed by atoms with Gasteiger partial charge in [0.1, 0.15) is 0 Å². The van der Waals surface area contributed by atoms with E-state index in [2.05, 4.69) is 114 Å². The SMILES string of the molecule is c1ccc(C[n+]2ccccc2-c2c3ccccc3cc3ccccc23)cc1. The van der Waals surface area contributed by atoms with Gasteiger partial charge in [0.25, 0.3) is 0 Å². The molecular weight excluding hydrogens is 326 g/mol. The number of fused-ring (bicyclic) bond motifs is 2. The van der Waals surface area contributed by atoms with Crippen molar-refractivity contribution in [1.82, 2.24) is 0 Å². The first-order valence-corrected chi connectivity index (χ1v) is 9.33. The van der Waals surface area contributed by atoms with Crippen LogP contribution in [0.1, 0.15) is 5.56 Å².